The molecule has 1 unspecified atom stereocenters. The number of allylic oxidation sites excluding steroid dienone is 1. The molecule has 0 saturated carbocycles. The number of fused-ring (bicyclic) bond motifs is 1. The molecule has 0 fully saturated rings. The molecule has 1 aromatic rings. The van der Waals surface area contributed by atoms with Crippen LogP contribution in [-0.4, -0.2) is 10.8 Å². The lowest BCUT2D eigenvalue weighted by atomic mass is 9.87. The van der Waals surface area contributed by atoms with Gasteiger partial charge in [0.2, 0.25) is 0 Å². The van der Waals surface area contributed by atoms with Crippen LogP contribution in [0.3, 0.4) is 0 Å². The molecule has 0 spiro atoms. The maximum Gasteiger partial charge on any atom is 0.368 e. The van der Waals surface area contributed by atoms with Gasteiger partial charge in [-0.15, -0.1) is 0 Å². The lowest BCUT2D eigenvalue weighted by Crippen LogP contribution is -2.20. The maximum absolute atomic E-state index is 10.9. The summed E-state index contributed by atoms with van der Waals surface area (Å²) < 4.78 is 0. The lowest BCUT2D eigenvalue weighted by Gasteiger charge is -2.17. The van der Waals surface area contributed by atoms with Gasteiger partial charge in [0, 0.05) is 4.86 Å². The first-order valence-corrected chi connectivity index (χ1v) is 4.62. The van der Waals surface area contributed by atoms with Gasteiger partial charge < -0.3 is 0 Å². The van der Waals surface area contributed by atoms with Gasteiger partial charge in [0.05, 0.1) is 0 Å². The third kappa shape index (κ3) is 1.36. The van der Waals surface area contributed by atoms with Crippen molar-refractivity contribution in [2.45, 2.75) is 5.92 Å². The van der Waals surface area contributed by atoms with Crippen LogP contribution in [0.25, 0.3) is 6.08 Å². The highest BCUT2D eigenvalue weighted by Gasteiger charge is 2.28. The van der Waals surface area contributed by atoms with Crippen molar-refractivity contribution in [3.63, 3.8) is 0 Å². The Morgan fingerprint density at radius 3 is 2.64 bits per heavy atom. The van der Waals surface area contributed by atoms with Crippen LogP contribution in [0.1, 0.15) is 17.0 Å². The van der Waals surface area contributed by atoms with Gasteiger partial charge in [-0.2, -0.15) is 0 Å². The molecule has 0 amide bonds. The Labute approximate surface area is 86.9 Å². The minimum Gasteiger partial charge on any atom is -0.246 e. The minimum absolute atomic E-state index is 0.406. The second-order valence-corrected chi connectivity index (χ2v) is 3.59. The third-order valence-electron chi connectivity index (χ3n) is 2.25. The van der Waals surface area contributed by atoms with E-state index >= 15 is 0 Å². The van der Waals surface area contributed by atoms with Crippen molar-refractivity contribution in [3.8, 4) is 0 Å². The van der Waals surface area contributed by atoms with Gasteiger partial charge in [0.1, 0.15) is 5.92 Å². The summed E-state index contributed by atoms with van der Waals surface area (Å²) in [5, 5.41) is 10.9. The first-order chi connectivity index (χ1) is 6.70. The standard InChI is InChI=1S/C11H7O2S/c12-11(13)10-8-4-2-1-3-7(8)5-6-9(10)14/h1-6,10H. The van der Waals surface area contributed by atoms with Crippen LogP contribution in [0.15, 0.2) is 30.3 Å². The predicted molar refractivity (Wildman–Crippen MR) is 56.5 cm³/mol. The van der Waals surface area contributed by atoms with Crippen LogP contribution in [0, 0.1) is 0 Å². The fourth-order valence-corrected chi connectivity index (χ4v) is 1.88. The van der Waals surface area contributed by atoms with Crippen LogP contribution in [0.2, 0.25) is 0 Å². The molecule has 0 heterocycles. The number of hydrogen-bond donors (Lipinski definition) is 0. The number of carbonyl (C=O) groups is 1. The zero-order valence-corrected chi connectivity index (χ0v) is 8.08. The summed E-state index contributed by atoms with van der Waals surface area (Å²) in [5.41, 5.74) is 1.62. The van der Waals surface area contributed by atoms with Gasteiger partial charge in [-0.05, 0) is 17.2 Å². The summed E-state index contributed by atoms with van der Waals surface area (Å²) in [5.74, 6) is -1.90. The van der Waals surface area contributed by atoms with E-state index in [9.17, 15) is 9.90 Å². The second-order valence-electron chi connectivity index (χ2n) is 3.12. The van der Waals surface area contributed by atoms with Crippen LogP contribution in [0.5, 0.6) is 0 Å². The van der Waals surface area contributed by atoms with E-state index in [2.05, 4.69) is 0 Å². The Hall–Kier alpha value is -1.48. The van der Waals surface area contributed by atoms with Gasteiger partial charge in [0.15, 0.2) is 0 Å². The molecule has 2 rings (SSSR count). The third-order valence-corrected chi connectivity index (χ3v) is 2.63. The summed E-state index contributed by atoms with van der Waals surface area (Å²) in [6.07, 6.45) is 3.48. The fourth-order valence-electron chi connectivity index (χ4n) is 1.59. The molecule has 14 heavy (non-hydrogen) atoms. The highest BCUT2D eigenvalue weighted by atomic mass is 32.1. The molecule has 0 bridgehead atoms. The number of benzene rings is 1. The first kappa shape index (κ1) is 9.09. The van der Waals surface area contributed by atoms with Crippen molar-refractivity contribution in [3.05, 3.63) is 41.5 Å². The number of thiocarbonyl (C=S) groups is 1. The topological polar surface area (TPSA) is 37.0 Å². The molecule has 0 aliphatic heterocycles. The smallest absolute Gasteiger partial charge is 0.246 e. The molecule has 1 aliphatic carbocycles. The first-order valence-electron chi connectivity index (χ1n) is 4.22. The average Bonchev–Trinajstić information content (AvgIpc) is 2.17. The largest absolute Gasteiger partial charge is 0.368 e. The van der Waals surface area contributed by atoms with Gasteiger partial charge in [0.25, 0.3) is 0 Å². The summed E-state index contributed by atoms with van der Waals surface area (Å²) in [7, 11) is 0. The molecule has 69 valence electrons. The lowest BCUT2D eigenvalue weighted by molar-refractivity contribution is -0.143. The van der Waals surface area contributed by atoms with Gasteiger partial charge in [-0.25, -0.2) is 9.90 Å². The molecular formula is C11H7O2S. The molecule has 0 saturated heterocycles. The molecule has 0 N–H and O–H groups in total. The quantitative estimate of drug-likeness (QED) is 0.655. The van der Waals surface area contributed by atoms with Crippen LogP contribution >= 0.6 is 12.2 Å². The summed E-state index contributed by atoms with van der Waals surface area (Å²) in [6, 6.07) is 7.30. The van der Waals surface area contributed by atoms with E-state index < -0.39 is 11.9 Å². The molecule has 1 aromatic carbocycles. The van der Waals surface area contributed by atoms with E-state index in [0.29, 0.717) is 4.86 Å². The molecular weight excluding hydrogens is 196 g/mol. The SMILES string of the molecule is [O]C(=O)C1C(=S)C=Cc2ccccc21. The molecule has 3 heteroatoms. The summed E-state index contributed by atoms with van der Waals surface area (Å²) >= 11 is 4.97. The van der Waals surface area contributed by atoms with E-state index in [4.69, 9.17) is 12.2 Å². The highest BCUT2D eigenvalue weighted by molar-refractivity contribution is 7.81. The van der Waals surface area contributed by atoms with Crippen molar-refractivity contribution >= 4 is 29.1 Å². The van der Waals surface area contributed by atoms with Crippen LogP contribution in [-0.2, 0) is 9.90 Å². The number of rotatable bonds is 1. The van der Waals surface area contributed by atoms with Crippen molar-refractivity contribution < 1.29 is 9.90 Å². The highest BCUT2D eigenvalue weighted by Crippen LogP contribution is 2.28. The van der Waals surface area contributed by atoms with Crippen molar-refractivity contribution in [2.24, 2.45) is 0 Å². The Morgan fingerprint density at radius 2 is 1.93 bits per heavy atom. The molecule has 0 aromatic heterocycles. The molecule has 1 radical (unpaired) electrons. The molecule has 2 nitrogen and oxygen atoms in total. The van der Waals surface area contributed by atoms with Crippen molar-refractivity contribution in [1.82, 2.24) is 0 Å². The van der Waals surface area contributed by atoms with E-state index in [1.807, 2.05) is 18.2 Å². The summed E-state index contributed by atoms with van der Waals surface area (Å²) in [4.78, 5) is 11.3. The van der Waals surface area contributed by atoms with Crippen molar-refractivity contribution in [1.29, 1.82) is 0 Å². The Kier molecular flexibility index (Phi) is 2.17. The second kappa shape index (κ2) is 3.35. The Bertz CT molecular complexity index is 435. The van der Waals surface area contributed by atoms with E-state index in [-0.39, 0.29) is 0 Å². The molecule has 1 aliphatic rings. The minimum atomic E-state index is -1.13. The zero-order valence-electron chi connectivity index (χ0n) is 7.27. The Morgan fingerprint density at radius 1 is 1.21 bits per heavy atom. The average molecular weight is 203 g/mol. The fraction of sp³-hybridized carbons (Fsp3) is 0.0909. The van der Waals surface area contributed by atoms with E-state index in [0.717, 1.165) is 11.1 Å². The maximum atomic E-state index is 10.9. The Balaban J connectivity index is 2.59. The molecule has 1 atom stereocenters. The van der Waals surface area contributed by atoms with Gasteiger partial charge >= 0.3 is 5.97 Å². The predicted octanol–water partition coefficient (Wildman–Crippen LogP) is 2.12. The van der Waals surface area contributed by atoms with E-state index in [1.165, 1.54) is 0 Å². The summed E-state index contributed by atoms with van der Waals surface area (Å²) in [6.45, 7) is 0. The number of hydrogen-bond acceptors (Lipinski definition) is 2. The normalized spacial score (nSPS) is 19.1. The monoisotopic (exact) mass is 203 g/mol. The van der Waals surface area contributed by atoms with Gasteiger partial charge in [-0.3, -0.25) is 0 Å². The van der Waals surface area contributed by atoms with Gasteiger partial charge in [-0.1, -0.05) is 42.6 Å². The van der Waals surface area contributed by atoms with Crippen LogP contribution in [0.4, 0.5) is 0 Å². The number of carbonyl (C=O) groups excluding carboxylic acids is 1. The van der Waals surface area contributed by atoms with Crippen LogP contribution < -0.4 is 0 Å². The van der Waals surface area contributed by atoms with Crippen molar-refractivity contribution in [2.75, 3.05) is 0 Å². The van der Waals surface area contributed by atoms with E-state index in [1.54, 1.807) is 18.2 Å². The zero-order chi connectivity index (χ0) is 10.1.